The Morgan fingerprint density at radius 2 is 1.00 bits per heavy atom. The highest BCUT2D eigenvalue weighted by Crippen LogP contribution is 2.32. The molecule has 3 aromatic rings. The van der Waals surface area contributed by atoms with Gasteiger partial charge in [-0.3, -0.25) is 4.79 Å². The molecule has 162 valence electrons. The van der Waals surface area contributed by atoms with Crippen molar-refractivity contribution in [2.45, 2.75) is 16.7 Å². The number of hydrogen-bond donors (Lipinski definition) is 0. The molecule has 3 rings (SSSR count). The lowest BCUT2D eigenvalue weighted by atomic mass is 10.1. The highest BCUT2D eigenvalue weighted by Gasteiger charge is 2.13. The first-order valence-corrected chi connectivity index (χ1v) is 13.1. The van der Waals surface area contributed by atoms with E-state index in [1.165, 1.54) is 73.7 Å². The van der Waals surface area contributed by atoms with Gasteiger partial charge in [-0.1, -0.05) is 0 Å². The summed E-state index contributed by atoms with van der Waals surface area (Å²) in [6, 6.07) is 15.4. The van der Waals surface area contributed by atoms with Gasteiger partial charge >= 0.3 is 0 Å². The van der Waals surface area contributed by atoms with Crippen molar-refractivity contribution in [3.05, 3.63) is 72.3 Å². The SMILES string of the molecule is CC(=O)c1cc(Oc2ccc(S(=O)(=O)Cl)cc2)cc(Oc2ccc(S(=O)(=O)Cl)cc2)c1. The summed E-state index contributed by atoms with van der Waals surface area (Å²) >= 11 is 0. The first kappa shape index (κ1) is 23.1. The molecule has 0 fully saturated rings. The Balaban J connectivity index is 1.88. The minimum atomic E-state index is -3.86. The molecule has 3 aromatic carbocycles. The van der Waals surface area contributed by atoms with E-state index in [1.54, 1.807) is 0 Å². The molecule has 0 N–H and O–H groups in total. The minimum absolute atomic E-state index is 0.0783. The van der Waals surface area contributed by atoms with Crippen LogP contribution in [-0.2, 0) is 18.1 Å². The Morgan fingerprint density at radius 1 is 0.645 bits per heavy atom. The average molecular weight is 501 g/mol. The van der Waals surface area contributed by atoms with Crippen molar-refractivity contribution < 1.29 is 31.1 Å². The lowest BCUT2D eigenvalue weighted by Crippen LogP contribution is -1.96. The van der Waals surface area contributed by atoms with E-state index in [-0.39, 0.29) is 27.1 Å². The molecule has 0 amide bonds. The predicted octanol–water partition coefficient (Wildman–Crippen LogP) is 5.33. The van der Waals surface area contributed by atoms with Crippen LogP contribution < -0.4 is 9.47 Å². The number of halogens is 2. The molecule has 0 aliphatic heterocycles. The van der Waals surface area contributed by atoms with Crippen LogP contribution in [0, 0.1) is 0 Å². The fourth-order valence-corrected chi connectivity index (χ4v) is 4.05. The summed E-state index contributed by atoms with van der Waals surface area (Å²) in [7, 11) is 2.88. The van der Waals surface area contributed by atoms with Gasteiger partial charge in [-0.2, -0.15) is 0 Å². The monoisotopic (exact) mass is 500 g/mol. The van der Waals surface area contributed by atoms with Gasteiger partial charge in [0.2, 0.25) is 0 Å². The van der Waals surface area contributed by atoms with E-state index in [0.717, 1.165) is 0 Å². The third kappa shape index (κ3) is 6.20. The van der Waals surface area contributed by atoms with Gasteiger partial charge in [-0.05, 0) is 67.6 Å². The third-order valence-electron chi connectivity index (χ3n) is 3.97. The average Bonchev–Trinajstić information content (AvgIpc) is 2.67. The Hall–Kier alpha value is -2.59. The van der Waals surface area contributed by atoms with Gasteiger partial charge in [-0.15, -0.1) is 0 Å². The summed E-state index contributed by atoms with van der Waals surface area (Å²) in [5, 5.41) is 0. The van der Waals surface area contributed by atoms with Crippen LogP contribution in [0.5, 0.6) is 23.0 Å². The van der Waals surface area contributed by atoms with Gasteiger partial charge in [0.15, 0.2) is 5.78 Å². The standard InChI is InChI=1S/C20H14Cl2O7S2/c1-13(23)14-10-17(28-15-2-6-19(7-3-15)30(21,24)25)12-18(11-14)29-16-4-8-20(9-5-16)31(22,26)27/h2-12H,1H3. The van der Waals surface area contributed by atoms with Crippen LogP contribution in [0.3, 0.4) is 0 Å². The minimum Gasteiger partial charge on any atom is -0.457 e. The molecule has 31 heavy (non-hydrogen) atoms. The number of benzene rings is 3. The first-order chi connectivity index (χ1) is 14.4. The number of rotatable bonds is 7. The van der Waals surface area contributed by atoms with E-state index >= 15 is 0 Å². The molecule has 0 radical (unpaired) electrons. The van der Waals surface area contributed by atoms with Crippen molar-refractivity contribution in [1.29, 1.82) is 0 Å². The third-order valence-corrected chi connectivity index (χ3v) is 6.71. The van der Waals surface area contributed by atoms with Gasteiger partial charge in [0.05, 0.1) is 9.79 Å². The van der Waals surface area contributed by atoms with Gasteiger partial charge < -0.3 is 9.47 Å². The van der Waals surface area contributed by atoms with Crippen LogP contribution in [0.25, 0.3) is 0 Å². The van der Waals surface area contributed by atoms with E-state index in [0.29, 0.717) is 17.1 Å². The Morgan fingerprint density at radius 3 is 1.29 bits per heavy atom. The fraction of sp³-hybridized carbons (Fsp3) is 0.0500. The number of carbonyl (C=O) groups excluding carboxylic acids is 1. The number of ether oxygens (including phenoxy) is 2. The molecule has 0 spiro atoms. The Labute approximate surface area is 188 Å². The number of ketones is 1. The van der Waals surface area contributed by atoms with E-state index in [1.807, 2.05) is 0 Å². The largest absolute Gasteiger partial charge is 0.457 e. The molecule has 0 unspecified atom stereocenters. The summed E-state index contributed by atoms with van der Waals surface area (Å²) in [4.78, 5) is 11.7. The molecule has 0 aliphatic rings. The molecule has 0 saturated heterocycles. The topological polar surface area (TPSA) is 104 Å². The zero-order chi connectivity index (χ0) is 22.8. The summed E-state index contributed by atoms with van der Waals surface area (Å²) in [6.45, 7) is 1.38. The first-order valence-electron chi connectivity index (χ1n) is 8.53. The zero-order valence-electron chi connectivity index (χ0n) is 15.8. The van der Waals surface area contributed by atoms with Crippen molar-refractivity contribution in [3.63, 3.8) is 0 Å². The van der Waals surface area contributed by atoms with E-state index in [2.05, 4.69) is 0 Å². The van der Waals surface area contributed by atoms with E-state index in [4.69, 9.17) is 30.8 Å². The van der Waals surface area contributed by atoms with Crippen molar-refractivity contribution in [2.24, 2.45) is 0 Å². The maximum atomic E-state index is 11.9. The zero-order valence-corrected chi connectivity index (χ0v) is 18.9. The van der Waals surface area contributed by atoms with Crippen LogP contribution in [-0.4, -0.2) is 22.6 Å². The fourth-order valence-electron chi connectivity index (χ4n) is 2.51. The van der Waals surface area contributed by atoms with Crippen molar-refractivity contribution >= 4 is 45.2 Å². The highest BCUT2D eigenvalue weighted by atomic mass is 35.7. The molecular weight excluding hydrogens is 487 g/mol. The summed E-state index contributed by atoms with van der Waals surface area (Å²) in [6.07, 6.45) is 0. The van der Waals surface area contributed by atoms with Crippen molar-refractivity contribution in [3.8, 4) is 23.0 Å². The lowest BCUT2D eigenvalue weighted by molar-refractivity contribution is 0.101. The highest BCUT2D eigenvalue weighted by molar-refractivity contribution is 8.14. The van der Waals surface area contributed by atoms with Crippen LogP contribution in [0.15, 0.2) is 76.5 Å². The van der Waals surface area contributed by atoms with E-state index in [9.17, 15) is 21.6 Å². The molecule has 0 bridgehead atoms. The summed E-state index contributed by atoms with van der Waals surface area (Å²) < 4.78 is 56.8. The molecule has 0 aromatic heterocycles. The maximum Gasteiger partial charge on any atom is 0.261 e. The summed E-state index contributed by atoms with van der Waals surface area (Å²) in [5.74, 6) is 0.926. The Bertz CT molecular complexity index is 1240. The molecule has 7 nitrogen and oxygen atoms in total. The molecule has 0 heterocycles. The smallest absolute Gasteiger partial charge is 0.261 e. The van der Waals surface area contributed by atoms with Crippen molar-refractivity contribution in [1.82, 2.24) is 0 Å². The second-order valence-corrected chi connectivity index (χ2v) is 11.4. The summed E-state index contributed by atoms with van der Waals surface area (Å²) in [5.41, 5.74) is 0.312. The molecule has 0 aliphatic carbocycles. The van der Waals surface area contributed by atoms with Crippen molar-refractivity contribution in [2.75, 3.05) is 0 Å². The quantitative estimate of drug-likeness (QED) is 0.318. The van der Waals surface area contributed by atoms with Gasteiger partial charge in [0, 0.05) is 33.0 Å². The molecule has 0 atom stereocenters. The normalized spacial score (nSPS) is 11.7. The van der Waals surface area contributed by atoms with Crippen LogP contribution in [0.1, 0.15) is 17.3 Å². The predicted molar refractivity (Wildman–Crippen MR) is 116 cm³/mol. The van der Waals surface area contributed by atoms with Crippen LogP contribution in [0.4, 0.5) is 0 Å². The second kappa shape index (κ2) is 8.88. The lowest BCUT2D eigenvalue weighted by Gasteiger charge is -2.11. The molecule has 11 heteroatoms. The molecular formula is C20H14Cl2O7S2. The Kier molecular flexibility index (Phi) is 6.61. The molecule has 0 saturated carbocycles. The van der Waals surface area contributed by atoms with Gasteiger partial charge in [0.1, 0.15) is 23.0 Å². The number of hydrogen-bond acceptors (Lipinski definition) is 7. The number of carbonyl (C=O) groups is 1. The van der Waals surface area contributed by atoms with Gasteiger partial charge in [0.25, 0.3) is 18.1 Å². The van der Waals surface area contributed by atoms with Crippen LogP contribution >= 0.6 is 21.4 Å². The maximum absolute atomic E-state index is 11.9. The van der Waals surface area contributed by atoms with Gasteiger partial charge in [-0.25, -0.2) is 16.8 Å². The van der Waals surface area contributed by atoms with E-state index < -0.39 is 18.1 Å². The van der Waals surface area contributed by atoms with Crippen LogP contribution in [0.2, 0.25) is 0 Å². The second-order valence-electron chi connectivity index (χ2n) is 6.27. The number of Topliss-reactive ketones (excluding diaryl/α,β-unsaturated/α-hetero) is 1.